The maximum atomic E-state index is 12.6. The van der Waals surface area contributed by atoms with Gasteiger partial charge in [0.05, 0.1) is 5.52 Å². The molecule has 5 rings (SSSR count). The van der Waals surface area contributed by atoms with Gasteiger partial charge in [0, 0.05) is 41.3 Å². The maximum Gasteiger partial charge on any atom is 0.220 e. The molecule has 0 saturated carbocycles. The lowest BCUT2D eigenvalue weighted by molar-refractivity contribution is -0.122. The molecule has 2 aromatic heterocycles. The first-order valence-electron chi connectivity index (χ1n) is 10.4. The zero-order chi connectivity index (χ0) is 19.3. The van der Waals surface area contributed by atoms with Crippen LogP contribution in [0.15, 0.2) is 24.3 Å². The lowest BCUT2D eigenvalue weighted by atomic mass is 9.99. The summed E-state index contributed by atoms with van der Waals surface area (Å²) in [6.07, 6.45) is 5.81. The van der Waals surface area contributed by atoms with E-state index in [1.807, 2.05) is 29.6 Å². The molecule has 0 spiro atoms. The average molecular weight is 414 g/mol. The van der Waals surface area contributed by atoms with Crippen molar-refractivity contribution in [3.05, 3.63) is 41.2 Å². The summed E-state index contributed by atoms with van der Waals surface area (Å²) in [7, 11) is 0. The monoisotopic (exact) mass is 413 g/mol. The fraction of sp³-hybridized carbons (Fsp3) is 0.500. The lowest BCUT2D eigenvalue weighted by Gasteiger charge is -2.29. The SMILES string of the molecule is Cc1nc2c3ccccc3nn2c(C)c1CCC(=O)NC1CC2CCC(C1)N2.Cl. The first-order valence-corrected chi connectivity index (χ1v) is 10.4. The first kappa shape index (κ1) is 20.1. The number of rotatable bonds is 4. The Balaban J connectivity index is 0.00000205. The minimum Gasteiger partial charge on any atom is -0.353 e. The molecule has 154 valence electrons. The van der Waals surface area contributed by atoms with Crippen molar-refractivity contribution in [2.24, 2.45) is 0 Å². The number of nitrogens with zero attached hydrogens (tertiary/aromatic N) is 3. The topological polar surface area (TPSA) is 71.3 Å². The smallest absolute Gasteiger partial charge is 0.220 e. The molecular formula is C22H28ClN5O. The Hall–Kier alpha value is -2.18. The van der Waals surface area contributed by atoms with Crippen LogP contribution in [0.1, 0.15) is 49.1 Å². The van der Waals surface area contributed by atoms with Crippen molar-refractivity contribution in [2.45, 2.75) is 70.5 Å². The molecule has 0 radical (unpaired) electrons. The molecule has 4 heterocycles. The summed E-state index contributed by atoms with van der Waals surface area (Å²) in [4.78, 5) is 17.4. The Kier molecular flexibility index (Phi) is 5.49. The highest BCUT2D eigenvalue weighted by Crippen LogP contribution is 2.27. The van der Waals surface area contributed by atoms with E-state index in [4.69, 9.17) is 10.1 Å². The maximum absolute atomic E-state index is 12.6. The molecule has 0 aliphatic carbocycles. The van der Waals surface area contributed by atoms with Crippen LogP contribution in [0, 0.1) is 13.8 Å². The van der Waals surface area contributed by atoms with E-state index in [1.54, 1.807) is 0 Å². The number of aromatic nitrogens is 3. The molecule has 1 amide bonds. The normalized spacial score (nSPS) is 23.3. The fourth-order valence-electron chi connectivity index (χ4n) is 5.05. The lowest BCUT2D eigenvalue weighted by Crippen LogP contribution is -2.48. The van der Waals surface area contributed by atoms with Gasteiger partial charge in [0.1, 0.15) is 0 Å². The molecule has 2 bridgehead atoms. The average Bonchev–Trinajstić information content (AvgIpc) is 3.21. The van der Waals surface area contributed by atoms with Gasteiger partial charge in [0.25, 0.3) is 0 Å². The number of amides is 1. The Morgan fingerprint density at radius 3 is 2.69 bits per heavy atom. The number of fused-ring (bicyclic) bond motifs is 5. The zero-order valence-electron chi connectivity index (χ0n) is 16.9. The van der Waals surface area contributed by atoms with Crippen molar-refractivity contribution in [3.8, 4) is 0 Å². The van der Waals surface area contributed by atoms with Gasteiger partial charge in [-0.05, 0) is 63.6 Å². The van der Waals surface area contributed by atoms with Gasteiger partial charge in [-0.15, -0.1) is 12.4 Å². The number of hydrogen-bond acceptors (Lipinski definition) is 4. The van der Waals surface area contributed by atoms with Gasteiger partial charge in [-0.1, -0.05) is 12.1 Å². The van der Waals surface area contributed by atoms with Gasteiger partial charge in [-0.25, -0.2) is 9.50 Å². The molecule has 2 unspecified atom stereocenters. The van der Waals surface area contributed by atoms with Gasteiger partial charge in [-0.2, -0.15) is 5.10 Å². The summed E-state index contributed by atoms with van der Waals surface area (Å²) in [6.45, 7) is 4.11. The molecule has 3 aromatic rings. The molecule has 29 heavy (non-hydrogen) atoms. The minimum atomic E-state index is 0. The quantitative estimate of drug-likeness (QED) is 0.688. The van der Waals surface area contributed by atoms with Crippen molar-refractivity contribution < 1.29 is 4.79 Å². The minimum absolute atomic E-state index is 0. The van der Waals surface area contributed by atoms with E-state index < -0.39 is 0 Å². The standard InChI is InChI=1S/C22H27N5O.ClH/c1-13-18(9-10-21(28)25-17-11-15-7-8-16(12-17)24-15)14(2)27-22(23-13)19-5-3-4-6-20(19)26-27;/h3-6,15-17,24H,7-12H2,1-2H3,(H,25,28);1H. The first-order chi connectivity index (χ1) is 13.6. The molecule has 2 fully saturated rings. The summed E-state index contributed by atoms with van der Waals surface area (Å²) >= 11 is 0. The largest absolute Gasteiger partial charge is 0.353 e. The summed E-state index contributed by atoms with van der Waals surface area (Å²) in [5.41, 5.74) is 5.03. The Labute approximate surface area is 176 Å². The molecule has 7 heteroatoms. The third-order valence-electron chi connectivity index (χ3n) is 6.46. The van der Waals surface area contributed by atoms with Crippen molar-refractivity contribution in [1.29, 1.82) is 0 Å². The summed E-state index contributed by atoms with van der Waals surface area (Å²) < 4.78 is 1.93. The molecule has 2 aliphatic heterocycles. The van der Waals surface area contributed by atoms with Crippen LogP contribution in [0.5, 0.6) is 0 Å². The van der Waals surface area contributed by atoms with Crippen LogP contribution in [0.25, 0.3) is 16.6 Å². The van der Waals surface area contributed by atoms with Crippen molar-refractivity contribution >= 4 is 34.9 Å². The van der Waals surface area contributed by atoms with Crippen molar-refractivity contribution in [3.63, 3.8) is 0 Å². The highest BCUT2D eigenvalue weighted by Gasteiger charge is 2.33. The van der Waals surface area contributed by atoms with Crippen LogP contribution < -0.4 is 10.6 Å². The Morgan fingerprint density at radius 2 is 1.93 bits per heavy atom. The van der Waals surface area contributed by atoms with Crippen LogP contribution in [0.3, 0.4) is 0 Å². The van der Waals surface area contributed by atoms with Gasteiger partial charge in [-0.3, -0.25) is 4.79 Å². The number of piperidine rings is 1. The van der Waals surface area contributed by atoms with Gasteiger partial charge >= 0.3 is 0 Å². The number of halogens is 1. The summed E-state index contributed by atoms with van der Waals surface area (Å²) in [5.74, 6) is 0.149. The van der Waals surface area contributed by atoms with E-state index >= 15 is 0 Å². The second-order valence-corrected chi connectivity index (χ2v) is 8.39. The van der Waals surface area contributed by atoms with Gasteiger partial charge in [0.2, 0.25) is 5.91 Å². The zero-order valence-corrected chi connectivity index (χ0v) is 17.8. The summed E-state index contributed by atoms with van der Waals surface area (Å²) in [6, 6.07) is 9.59. The third-order valence-corrected chi connectivity index (χ3v) is 6.46. The second-order valence-electron chi connectivity index (χ2n) is 8.39. The van der Waals surface area contributed by atoms with Gasteiger partial charge in [0.15, 0.2) is 5.65 Å². The van der Waals surface area contributed by atoms with E-state index in [2.05, 4.69) is 23.6 Å². The molecular weight excluding hydrogens is 386 g/mol. The van der Waals surface area contributed by atoms with Crippen LogP contribution in [-0.4, -0.2) is 38.6 Å². The number of carbonyl (C=O) groups excluding carboxylic acids is 1. The highest BCUT2D eigenvalue weighted by atomic mass is 35.5. The van der Waals surface area contributed by atoms with Crippen LogP contribution in [0.4, 0.5) is 0 Å². The summed E-state index contributed by atoms with van der Waals surface area (Å²) in [5, 5.41) is 12.7. The number of carbonyl (C=O) groups is 1. The molecule has 2 saturated heterocycles. The number of nitrogens with one attached hydrogen (secondary N) is 2. The molecule has 2 aliphatic rings. The van der Waals surface area contributed by atoms with Crippen molar-refractivity contribution in [2.75, 3.05) is 0 Å². The number of hydrogen-bond donors (Lipinski definition) is 2. The van der Waals surface area contributed by atoms with E-state index in [0.717, 1.165) is 46.3 Å². The van der Waals surface area contributed by atoms with Gasteiger partial charge < -0.3 is 10.6 Å². The second kappa shape index (κ2) is 7.92. The fourth-order valence-corrected chi connectivity index (χ4v) is 5.05. The molecule has 2 N–H and O–H groups in total. The third kappa shape index (κ3) is 3.71. The van der Waals surface area contributed by atoms with Crippen LogP contribution >= 0.6 is 12.4 Å². The molecule has 2 atom stereocenters. The number of aryl methyl sites for hydroxylation is 2. The van der Waals surface area contributed by atoms with E-state index in [-0.39, 0.29) is 18.3 Å². The van der Waals surface area contributed by atoms with E-state index in [1.165, 1.54) is 12.8 Å². The predicted molar refractivity (Wildman–Crippen MR) is 117 cm³/mol. The number of benzene rings is 1. The van der Waals surface area contributed by atoms with Crippen LogP contribution in [0.2, 0.25) is 0 Å². The van der Waals surface area contributed by atoms with Crippen molar-refractivity contribution in [1.82, 2.24) is 25.2 Å². The predicted octanol–water partition coefficient (Wildman–Crippen LogP) is 3.25. The highest BCUT2D eigenvalue weighted by molar-refractivity contribution is 5.92. The molecule has 6 nitrogen and oxygen atoms in total. The van der Waals surface area contributed by atoms with E-state index in [0.29, 0.717) is 31.0 Å². The molecule has 1 aromatic carbocycles. The Bertz CT molecular complexity index is 1050. The van der Waals surface area contributed by atoms with E-state index in [9.17, 15) is 4.79 Å². The Morgan fingerprint density at radius 1 is 1.21 bits per heavy atom. The van der Waals surface area contributed by atoms with Crippen LogP contribution in [-0.2, 0) is 11.2 Å².